The Balaban J connectivity index is 1.81. The number of hydrogen-bond donors (Lipinski definition) is 0. The van der Waals surface area contributed by atoms with Gasteiger partial charge in [-0.1, -0.05) is 64.1 Å². The largest absolute Gasteiger partial charge is 0.413 e. The maximum atomic E-state index is 6.81. The molecule has 1 saturated heterocycles. The van der Waals surface area contributed by atoms with Crippen molar-refractivity contribution in [3.05, 3.63) is 42.0 Å². The monoisotopic (exact) mass is 330 g/mol. The lowest BCUT2D eigenvalue weighted by molar-refractivity contribution is 0.113. The maximum Gasteiger partial charge on any atom is 0.192 e. The van der Waals surface area contributed by atoms with Crippen molar-refractivity contribution in [2.45, 2.75) is 70.6 Å². The predicted octanol–water partition coefficient (Wildman–Crippen LogP) is 5.27. The summed E-state index contributed by atoms with van der Waals surface area (Å²) in [7, 11) is -1.57. The molecule has 0 bridgehead atoms. The Labute approximate surface area is 142 Å². The van der Waals surface area contributed by atoms with E-state index in [1.54, 1.807) is 0 Å². The zero-order valence-electron chi connectivity index (χ0n) is 14.9. The zero-order chi connectivity index (χ0) is 16.4. The number of benzene rings is 1. The molecule has 1 aromatic carbocycles. The van der Waals surface area contributed by atoms with Crippen LogP contribution in [0.5, 0.6) is 0 Å². The Morgan fingerprint density at radius 3 is 2.35 bits per heavy atom. The lowest BCUT2D eigenvalue weighted by Crippen LogP contribution is -2.42. The average Bonchev–Trinajstić information content (AvgIpc) is 3.39. The fraction of sp³-hybridized carbons (Fsp3) is 0.600. The first-order chi connectivity index (χ1) is 11.1. The second-order valence-electron chi connectivity index (χ2n) is 7.04. The molecule has 0 amide bonds. The van der Waals surface area contributed by atoms with Gasteiger partial charge in [-0.2, -0.15) is 0 Å². The van der Waals surface area contributed by atoms with Gasteiger partial charge >= 0.3 is 0 Å². The van der Waals surface area contributed by atoms with Gasteiger partial charge in [-0.05, 0) is 35.7 Å². The summed E-state index contributed by atoms with van der Waals surface area (Å²) in [6.07, 6.45) is 4.34. The van der Waals surface area contributed by atoms with Gasteiger partial charge in [0.2, 0.25) is 0 Å². The van der Waals surface area contributed by atoms with Crippen LogP contribution in [0.4, 0.5) is 0 Å². The quantitative estimate of drug-likeness (QED) is 0.523. The minimum Gasteiger partial charge on any atom is -0.413 e. The molecule has 3 heteroatoms. The van der Waals surface area contributed by atoms with Crippen LogP contribution in [0, 0.1) is 5.92 Å². The van der Waals surface area contributed by atoms with E-state index in [1.807, 2.05) is 0 Å². The molecule has 1 aliphatic heterocycles. The Bertz CT molecular complexity index is 542. The number of ether oxygens (including phenoxy) is 1. The topological polar surface area (TPSA) is 21.8 Å². The van der Waals surface area contributed by atoms with Gasteiger partial charge in [0.05, 0.1) is 12.2 Å². The van der Waals surface area contributed by atoms with Crippen molar-refractivity contribution >= 4 is 13.9 Å². The lowest BCUT2D eigenvalue weighted by atomic mass is 9.97. The van der Waals surface area contributed by atoms with Crippen molar-refractivity contribution < 1.29 is 9.16 Å². The molecule has 1 unspecified atom stereocenters. The minimum absolute atomic E-state index is 0.280. The van der Waals surface area contributed by atoms with E-state index >= 15 is 0 Å². The van der Waals surface area contributed by atoms with Crippen molar-refractivity contribution in [1.29, 1.82) is 0 Å². The Morgan fingerprint density at radius 2 is 1.74 bits per heavy atom. The summed E-state index contributed by atoms with van der Waals surface area (Å²) in [5.74, 6) is 0.481. The predicted molar refractivity (Wildman–Crippen MR) is 98.9 cm³/mol. The van der Waals surface area contributed by atoms with Gasteiger partial charge in [0.25, 0.3) is 0 Å². The molecular formula is C20H30O2Si. The van der Waals surface area contributed by atoms with E-state index in [0.29, 0.717) is 18.1 Å². The molecule has 1 aliphatic carbocycles. The first-order valence-electron chi connectivity index (χ1n) is 9.23. The fourth-order valence-electron chi connectivity index (χ4n) is 3.95. The molecule has 2 aliphatic rings. The summed E-state index contributed by atoms with van der Waals surface area (Å²) in [4.78, 5) is 0. The van der Waals surface area contributed by atoms with Gasteiger partial charge in [-0.15, -0.1) is 0 Å². The summed E-state index contributed by atoms with van der Waals surface area (Å²) in [5, 5.41) is 0. The highest BCUT2D eigenvalue weighted by molar-refractivity contribution is 6.73. The number of fused-ring (bicyclic) bond motifs is 1. The minimum atomic E-state index is -1.57. The van der Waals surface area contributed by atoms with E-state index in [9.17, 15) is 0 Å². The normalized spacial score (nSPS) is 30.3. The number of hydrogen-bond acceptors (Lipinski definition) is 2. The molecule has 0 aromatic heterocycles. The number of rotatable bonds is 6. The third kappa shape index (κ3) is 3.33. The molecule has 126 valence electrons. The molecule has 4 atom stereocenters. The SMILES string of the molecule is CC[Si](CC)(CC)OC1CC=C(c2ccccc2)[C@H]2O[C@H]2[C@H]1C. The van der Waals surface area contributed by atoms with Crippen LogP contribution >= 0.6 is 0 Å². The first-order valence-corrected chi connectivity index (χ1v) is 11.8. The van der Waals surface area contributed by atoms with E-state index in [4.69, 9.17) is 9.16 Å². The van der Waals surface area contributed by atoms with Gasteiger partial charge in [0.15, 0.2) is 8.32 Å². The van der Waals surface area contributed by atoms with Gasteiger partial charge in [-0.3, -0.25) is 0 Å². The third-order valence-electron chi connectivity index (χ3n) is 5.95. The maximum absolute atomic E-state index is 6.81. The summed E-state index contributed by atoms with van der Waals surface area (Å²) in [6.45, 7) is 9.24. The summed E-state index contributed by atoms with van der Waals surface area (Å²) in [5.41, 5.74) is 2.67. The van der Waals surface area contributed by atoms with Crippen LogP contribution in [0.3, 0.4) is 0 Å². The van der Waals surface area contributed by atoms with Crippen LogP contribution in [0.25, 0.3) is 5.57 Å². The van der Waals surface area contributed by atoms with Crippen molar-refractivity contribution in [2.24, 2.45) is 5.92 Å². The van der Waals surface area contributed by atoms with Crippen molar-refractivity contribution in [2.75, 3.05) is 0 Å². The zero-order valence-corrected chi connectivity index (χ0v) is 15.9. The smallest absolute Gasteiger partial charge is 0.192 e. The van der Waals surface area contributed by atoms with Gasteiger partial charge in [-0.25, -0.2) is 0 Å². The second-order valence-corrected chi connectivity index (χ2v) is 11.8. The first kappa shape index (κ1) is 16.9. The third-order valence-corrected chi connectivity index (χ3v) is 10.6. The molecular weight excluding hydrogens is 300 g/mol. The van der Waals surface area contributed by atoms with Crippen LogP contribution < -0.4 is 0 Å². The standard InChI is InChI=1S/C20H30O2Si/c1-5-23(6-2,7-3)22-18-14-13-17(16-11-9-8-10-12-16)20-19(21-20)15(18)4/h8-13,15,18-20H,5-7,14H2,1-4H3/t15-,18?,19-,20+/m0/s1. The molecule has 0 saturated carbocycles. The van der Waals surface area contributed by atoms with Gasteiger partial charge < -0.3 is 9.16 Å². The van der Waals surface area contributed by atoms with Crippen molar-refractivity contribution in [1.82, 2.24) is 0 Å². The van der Waals surface area contributed by atoms with E-state index in [2.05, 4.69) is 64.1 Å². The molecule has 23 heavy (non-hydrogen) atoms. The van der Waals surface area contributed by atoms with E-state index in [0.717, 1.165) is 6.42 Å². The Morgan fingerprint density at radius 1 is 1.09 bits per heavy atom. The van der Waals surface area contributed by atoms with Crippen LogP contribution in [0.15, 0.2) is 36.4 Å². The molecule has 1 heterocycles. The van der Waals surface area contributed by atoms with Gasteiger partial charge in [0.1, 0.15) is 6.10 Å². The molecule has 0 N–H and O–H groups in total. The van der Waals surface area contributed by atoms with Crippen LogP contribution in [-0.2, 0) is 9.16 Å². The molecule has 0 spiro atoms. The highest BCUT2D eigenvalue weighted by Crippen LogP contribution is 2.45. The van der Waals surface area contributed by atoms with Crippen molar-refractivity contribution in [3.8, 4) is 0 Å². The van der Waals surface area contributed by atoms with Crippen LogP contribution in [0.2, 0.25) is 18.1 Å². The van der Waals surface area contributed by atoms with E-state index < -0.39 is 8.32 Å². The van der Waals surface area contributed by atoms with Crippen LogP contribution in [-0.4, -0.2) is 26.6 Å². The lowest BCUT2D eigenvalue weighted by Gasteiger charge is -2.35. The Kier molecular flexibility index (Phi) is 5.09. The second kappa shape index (κ2) is 6.92. The Hall–Kier alpha value is -0.903. The molecule has 2 nitrogen and oxygen atoms in total. The summed E-state index contributed by atoms with van der Waals surface area (Å²) < 4.78 is 12.9. The summed E-state index contributed by atoms with van der Waals surface area (Å²) >= 11 is 0. The van der Waals surface area contributed by atoms with Crippen LogP contribution in [0.1, 0.15) is 39.7 Å². The average molecular weight is 331 g/mol. The van der Waals surface area contributed by atoms with Gasteiger partial charge in [0, 0.05) is 5.92 Å². The molecule has 3 rings (SSSR count). The van der Waals surface area contributed by atoms with Crippen molar-refractivity contribution in [3.63, 3.8) is 0 Å². The molecule has 0 radical (unpaired) electrons. The fourth-order valence-corrected chi connectivity index (χ4v) is 6.90. The number of epoxide rings is 1. The molecule has 1 fully saturated rings. The highest BCUT2D eigenvalue weighted by atomic mass is 28.4. The highest BCUT2D eigenvalue weighted by Gasteiger charge is 2.50. The van der Waals surface area contributed by atoms with E-state index in [1.165, 1.54) is 29.3 Å². The summed E-state index contributed by atoms with van der Waals surface area (Å²) in [6, 6.07) is 14.3. The van der Waals surface area contributed by atoms with E-state index in [-0.39, 0.29) is 6.10 Å². The molecule has 1 aromatic rings.